The van der Waals surface area contributed by atoms with Gasteiger partial charge in [0.05, 0.1) is 18.5 Å². The number of oxazole rings is 1. The van der Waals surface area contributed by atoms with E-state index in [0.29, 0.717) is 18.2 Å². The molecule has 0 saturated carbocycles. The maximum absolute atomic E-state index is 5.63. The van der Waals surface area contributed by atoms with Crippen molar-refractivity contribution in [2.24, 2.45) is 0 Å². The molecule has 1 N–H and O–H groups in total. The first-order valence-corrected chi connectivity index (χ1v) is 6.93. The zero-order chi connectivity index (χ0) is 14.7. The number of nitrogens with one attached hydrogen (secondary N) is 1. The summed E-state index contributed by atoms with van der Waals surface area (Å²) in [6.07, 6.45) is 5.34. The summed E-state index contributed by atoms with van der Waals surface area (Å²) in [6.45, 7) is 5.49. The van der Waals surface area contributed by atoms with Crippen LogP contribution in [0.2, 0.25) is 0 Å². The molecule has 1 atom stereocenters. The number of nitrogens with zero attached hydrogens (tertiary/aromatic N) is 3. The maximum Gasteiger partial charge on any atom is 0.263 e. The summed E-state index contributed by atoms with van der Waals surface area (Å²) in [6, 6.07) is 5.86. The summed E-state index contributed by atoms with van der Waals surface area (Å²) >= 11 is 0. The molecule has 0 aromatic carbocycles. The van der Waals surface area contributed by atoms with Crippen LogP contribution in [0.4, 0.5) is 0 Å². The first-order chi connectivity index (χ1) is 10.2. The Morgan fingerprint density at radius 2 is 2.29 bits per heavy atom. The van der Waals surface area contributed by atoms with E-state index >= 15 is 0 Å². The molecule has 110 valence electrons. The van der Waals surface area contributed by atoms with Gasteiger partial charge in [-0.2, -0.15) is 5.10 Å². The van der Waals surface area contributed by atoms with Crippen LogP contribution in [-0.4, -0.2) is 20.8 Å². The van der Waals surface area contributed by atoms with Gasteiger partial charge in [0.1, 0.15) is 5.76 Å². The molecule has 0 fully saturated rings. The molecule has 3 aromatic rings. The summed E-state index contributed by atoms with van der Waals surface area (Å²) in [5.74, 6) is 1.98. The number of aryl methyl sites for hydroxylation is 1. The standard InChI is InChI=1S/C15H18N4O2/c1-11(10-19-7-4-6-17-19)16-9-13-12(2)21-15(18-13)14-5-3-8-20-14/h3-8,11,16H,9-10H2,1-2H3. The van der Waals surface area contributed by atoms with Crippen molar-refractivity contribution in [3.8, 4) is 11.7 Å². The second-order valence-electron chi connectivity index (χ2n) is 5.01. The number of hydrogen-bond acceptors (Lipinski definition) is 5. The fourth-order valence-electron chi connectivity index (χ4n) is 2.12. The molecule has 0 aliphatic carbocycles. The van der Waals surface area contributed by atoms with Crippen LogP contribution < -0.4 is 5.32 Å². The molecule has 3 rings (SSSR count). The zero-order valence-electron chi connectivity index (χ0n) is 12.1. The summed E-state index contributed by atoms with van der Waals surface area (Å²) in [5, 5.41) is 7.62. The minimum atomic E-state index is 0.285. The van der Waals surface area contributed by atoms with Crippen LogP contribution in [-0.2, 0) is 13.1 Å². The normalized spacial score (nSPS) is 12.7. The smallest absolute Gasteiger partial charge is 0.263 e. The van der Waals surface area contributed by atoms with Gasteiger partial charge in [-0.1, -0.05) is 0 Å². The SMILES string of the molecule is Cc1oc(-c2ccco2)nc1CNC(C)Cn1cccn1. The molecule has 0 amide bonds. The number of hydrogen-bond donors (Lipinski definition) is 1. The Bertz CT molecular complexity index is 671. The average Bonchev–Trinajstić information content (AvgIpc) is 3.17. The Morgan fingerprint density at radius 3 is 3.00 bits per heavy atom. The van der Waals surface area contributed by atoms with Gasteiger partial charge >= 0.3 is 0 Å². The molecule has 0 aliphatic heterocycles. The van der Waals surface area contributed by atoms with E-state index in [9.17, 15) is 0 Å². The van der Waals surface area contributed by atoms with E-state index in [0.717, 1.165) is 18.0 Å². The van der Waals surface area contributed by atoms with Gasteiger partial charge in [-0.3, -0.25) is 4.68 Å². The number of furan rings is 1. The molecule has 0 aliphatic rings. The first kappa shape index (κ1) is 13.6. The minimum Gasteiger partial charge on any atom is -0.459 e. The Morgan fingerprint density at radius 1 is 1.38 bits per heavy atom. The van der Waals surface area contributed by atoms with Gasteiger partial charge in [0, 0.05) is 25.0 Å². The van der Waals surface area contributed by atoms with E-state index in [4.69, 9.17) is 8.83 Å². The van der Waals surface area contributed by atoms with Crippen molar-refractivity contribution >= 4 is 0 Å². The third-order valence-electron chi connectivity index (χ3n) is 3.26. The Labute approximate surface area is 122 Å². The lowest BCUT2D eigenvalue weighted by molar-refractivity contribution is 0.446. The summed E-state index contributed by atoms with van der Waals surface area (Å²) in [5.41, 5.74) is 0.897. The summed E-state index contributed by atoms with van der Waals surface area (Å²) in [7, 11) is 0. The van der Waals surface area contributed by atoms with Crippen molar-refractivity contribution in [3.05, 3.63) is 48.3 Å². The lowest BCUT2D eigenvalue weighted by atomic mass is 10.3. The fourth-order valence-corrected chi connectivity index (χ4v) is 2.12. The molecule has 0 spiro atoms. The van der Waals surface area contributed by atoms with Crippen LogP contribution in [0.25, 0.3) is 11.7 Å². The van der Waals surface area contributed by atoms with E-state index in [2.05, 4.69) is 22.3 Å². The van der Waals surface area contributed by atoms with Gasteiger partial charge in [-0.25, -0.2) is 4.98 Å². The van der Waals surface area contributed by atoms with Gasteiger partial charge in [-0.15, -0.1) is 0 Å². The van der Waals surface area contributed by atoms with E-state index in [1.54, 1.807) is 12.5 Å². The van der Waals surface area contributed by atoms with Crippen molar-refractivity contribution in [1.29, 1.82) is 0 Å². The predicted molar refractivity (Wildman–Crippen MR) is 77.5 cm³/mol. The molecule has 6 nitrogen and oxygen atoms in total. The highest BCUT2D eigenvalue weighted by molar-refractivity contribution is 5.44. The van der Waals surface area contributed by atoms with E-state index in [-0.39, 0.29) is 6.04 Å². The first-order valence-electron chi connectivity index (χ1n) is 6.93. The third kappa shape index (κ3) is 3.22. The van der Waals surface area contributed by atoms with Crippen LogP contribution in [0.15, 0.2) is 45.7 Å². The fraction of sp³-hybridized carbons (Fsp3) is 0.333. The van der Waals surface area contributed by atoms with Crippen LogP contribution in [0.1, 0.15) is 18.4 Å². The highest BCUT2D eigenvalue weighted by Crippen LogP contribution is 2.21. The summed E-state index contributed by atoms with van der Waals surface area (Å²) in [4.78, 5) is 4.48. The van der Waals surface area contributed by atoms with Gasteiger partial charge in [0.15, 0.2) is 5.76 Å². The van der Waals surface area contributed by atoms with E-state index in [1.807, 2.05) is 36.0 Å². The average molecular weight is 286 g/mol. The van der Waals surface area contributed by atoms with Crippen LogP contribution in [0.5, 0.6) is 0 Å². The van der Waals surface area contributed by atoms with Crippen molar-refractivity contribution in [1.82, 2.24) is 20.1 Å². The molecule has 0 bridgehead atoms. The molecule has 0 radical (unpaired) electrons. The Kier molecular flexibility index (Phi) is 3.87. The highest BCUT2D eigenvalue weighted by atomic mass is 16.4. The quantitative estimate of drug-likeness (QED) is 0.754. The largest absolute Gasteiger partial charge is 0.459 e. The molecular formula is C15H18N4O2. The Hall–Kier alpha value is -2.34. The highest BCUT2D eigenvalue weighted by Gasteiger charge is 2.14. The van der Waals surface area contributed by atoms with Crippen molar-refractivity contribution in [2.75, 3.05) is 0 Å². The number of rotatable bonds is 6. The van der Waals surface area contributed by atoms with Crippen molar-refractivity contribution < 1.29 is 8.83 Å². The Balaban J connectivity index is 1.60. The minimum absolute atomic E-state index is 0.285. The van der Waals surface area contributed by atoms with Gasteiger partial charge < -0.3 is 14.2 Å². The van der Waals surface area contributed by atoms with Gasteiger partial charge in [-0.05, 0) is 32.0 Å². The van der Waals surface area contributed by atoms with Gasteiger partial charge in [0.2, 0.25) is 0 Å². The monoisotopic (exact) mass is 286 g/mol. The second kappa shape index (κ2) is 5.97. The van der Waals surface area contributed by atoms with E-state index in [1.165, 1.54) is 0 Å². The zero-order valence-corrected chi connectivity index (χ0v) is 12.1. The van der Waals surface area contributed by atoms with Crippen LogP contribution in [0.3, 0.4) is 0 Å². The molecule has 3 heterocycles. The van der Waals surface area contributed by atoms with E-state index < -0.39 is 0 Å². The molecule has 3 aromatic heterocycles. The van der Waals surface area contributed by atoms with Crippen LogP contribution in [0, 0.1) is 6.92 Å². The lowest BCUT2D eigenvalue weighted by Gasteiger charge is -2.12. The molecule has 1 unspecified atom stereocenters. The molecular weight excluding hydrogens is 268 g/mol. The predicted octanol–water partition coefficient (Wildman–Crippen LogP) is 2.62. The molecule has 6 heteroatoms. The topological polar surface area (TPSA) is 69.0 Å². The number of aromatic nitrogens is 3. The van der Waals surface area contributed by atoms with Crippen molar-refractivity contribution in [2.45, 2.75) is 33.0 Å². The third-order valence-corrected chi connectivity index (χ3v) is 3.26. The summed E-state index contributed by atoms with van der Waals surface area (Å²) < 4.78 is 12.8. The molecule has 0 saturated heterocycles. The second-order valence-corrected chi connectivity index (χ2v) is 5.01. The van der Waals surface area contributed by atoms with Gasteiger partial charge in [0.25, 0.3) is 5.89 Å². The van der Waals surface area contributed by atoms with Crippen LogP contribution >= 0.6 is 0 Å². The molecule has 21 heavy (non-hydrogen) atoms. The lowest BCUT2D eigenvalue weighted by Crippen LogP contribution is -2.30. The maximum atomic E-state index is 5.63. The van der Waals surface area contributed by atoms with Crippen molar-refractivity contribution in [3.63, 3.8) is 0 Å².